The number of piperidine rings is 1. The Balaban J connectivity index is 0.000000559. The second-order valence-corrected chi connectivity index (χ2v) is 12.0. The number of hydrogen-bond donors (Lipinski definition) is 4. The van der Waals surface area contributed by atoms with Crippen LogP contribution in [0.1, 0.15) is 95.3 Å². The predicted molar refractivity (Wildman–Crippen MR) is 143 cm³/mol. The van der Waals surface area contributed by atoms with Gasteiger partial charge in [-0.05, 0) is 63.0 Å². The first-order valence-corrected chi connectivity index (χ1v) is 14.1. The van der Waals surface area contributed by atoms with Crippen LogP contribution in [0.25, 0.3) is 0 Å². The summed E-state index contributed by atoms with van der Waals surface area (Å²) in [7, 11) is 0. The van der Waals surface area contributed by atoms with E-state index in [9.17, 15) is 27.9 Å². The molecule has 11 heteroatoms. The SMILES string of the molecule is CC(C)(N)C(=O)NC(CCC1CCCCC1)C(=O)N1CCC2(CC1)C[C@@H](O)c1ccccc12.O=C(O)C(F)(F)F. The monoisotopic (exact) mass is 569 g/mol. The number of carbonyl (C=O) groups excluding carboxylic acids is 2. The third-order valence-electron chi connectivity index (χ3n) is 8.53. The lowest BCUT2D eigenvalue weighted by Gasteiger charge is -2.41. The van der Waals surface area contributed by atoms with Crippen molar-refractivity contribution in [2.45, 2.75) is 107 Å². The normalized spacial score (nSPS) is 21.7. The van der Waals surface area contributed by atoms with Gasteiger partial charge in [0, 0.05) is 18.5 Å². The molecule has 8 nitrogen and oxygen atoms in total. The smallest absolute Gasteiger partial charge is 0.475 e. The summed E-state index contributed by atoms with van der Waals surface area (Å²) in [6.45, 7) is 4.67. The third kappa shape index (κ3) is 7.96. The highest BCUT2D eigenvalue weighted by atomic mass is 19.4. The number of rotatable bonds is 6. The van der Waals surface area contributed by atoms with Gasteiger partial charge in [-0.2, -0.15) is 13.2 Å². The molecule has 1 saturated carbocycles. The van der Waals surface area contributed by atoms with Gasteiger partial charge in [0.05, 0.1) is 11.6 Å². The number of carbonyl (C=O) groups is 3. The lowest BCUT2D eigenvalue weighted by Crippen LogP contribution is -2.57. The van der Waals surface area contributed by atoms with E-state index in [-0.39, 0.29) is 17.2 Å². The van der Waals surface area contributed by atoms with E-state index in [2.05, 4.69) is 11.4 Å². The van der Waals surface area contributed by atoms with Crippen LogP contribution in [0.4, 0.5) is 13.2 Å². The van der Waals surface area contributed by atoms with Crippen LogP contribution in [0.5, 0.6) is 0 Å². The summed E-state index contributed by atoms with van der Waals surface area (Å²) in [6.07, 6.45) is 4.88. The lowest BCUT2D eigenvalue weighted by molar-refractivity contribution is -0.192. The fraction of sp³-hybridized carbons (Fsp3) is 0.690. The molecule has 1 unspecified atom stereocenters. The van der Waals surface area contributed by atoms with Gasteiger partial charge in [0.25, 0.3) is 0 Å². The van der Waals surface area contributed by atoms with Crippen LogP contribution >= 0.6 is 0 Å². The molecule has 2 amide bonds. The summed E-state index contributed by atoms with van der Waals surface area (Å²) in [5, 5.41) is 20.7. The maximum atomic E-state index is 13.6. The van der Waals surface area contributed by atoms with Crippen molar-refractivity contribution in [3.8, 4) is 0 Å². The molecule has 1 aromatic carbocycles. The highest BCUT2D eigenvalue weighted by Crippen LogP contribution is 2.50. The number of aliphatic hydroxyl groups is 1. The standard InChI is InChI=1S/C27H41N3O3.C2HF3O2/c1-26(2,28)25(33)29-22(13-12-19-8-4-3-5-9-19)24(32)30-16-14-27(15-17-30)18-23(31)20-10-6-7-11-21(20)27;3-2(4,5)1(6)7/h6-7,10-11,19,22-23,31H,3-5,8-9,12-18,28H2,1-2H3,(H,29,33);(H,6,7)/t22?,23-;/m1./s1. The molecule has 40 heavy (non-hydrogen) atoms. The van der Waals surface area contributed by atoms with Crippen molar-refractivity contribution in [3.63, 3.8) is 0 Å². The first-order chi connectivity index (χ1) is 18.6. The molecule has 2 fully saturated rings. The minimum atomic E-state index is -5.08. The molecule has 1 aromatic rings. The first-order valence-electron chi connectivity index (χ1n) is 14.1. The number of hydrogen-bond acceptors (Lipinski definition) is 5. The largest absolute Gasteiger partial charge is 0.490 e. The summed E-state index contributed by atoms with van der Waals surface area (Å²) < 4.78 is 31.7. The maximum Gasteiger partial charge on any atom is 0.490 e. The first kappa shape index (κ1) is 31.9. The maximum absolute atomic E-state index is 13.6. The van der Waals surface area contributed by atoms with Gasteiger partial charge in [-0.15, -0.1) is 0 Å². The summed E-state index contributed by atoms with van der Waals surface area (Å²) in [5.41, 5.74) is 7.25. The van der Waals surface area contributed by atoms with Crippen LogP contribution in [-0.4, -0.2) is 63.7 Å². The van der Waals surface area contributed by atoms with E-state index >= 15 is 0 Å². The predicted octanol–water partition coefficient (Wildman–Crippen LogP) is 4.20. The Labute approximate surface area is 233 Å². The summed E-state index contributed by atoms with van der Waals surface area (Å²) in [5.74, 6) is -2.36. The molecule has 2 atom stereocenters. The molecule has 1 aliphatic heterocycles. The second-order valence-electron chi connectivity index (χ2n) is 12.0. The van der Waals surface area contributed by atoms with Gasteiger partial charge in [0.15, 0.2) is 0 Å². The van der Waals surface area contributed by atoms with E-state index in [1.54, 1.807) is 13.8 Å². The van der Waals surface area contributed by atoms with Gasteiger partial charge in [-0.1, -0.05) is 56.4 Å². The van der Waals surface area contributed by atoms with Crippen LogP contribution < -0.4 is 11.1 Å². The molecule has 5 N–H and O–H groups in total. The van der Waals surface area contributed by atoms with Gasteiger partial charge in [0.2, 0.25) is 11.8 Å². The number of halogens is 3. The van der Waals surface area contributed by atoms with Crippen molar-refractivity contribution in [1.29, 1.82) is 0 Å². The number of carboxylic acids is 1. The Morgan fingerprint density at radius 1 is 1.10 bits per heavy atom. The molecule has 3 aliphatic rings. The number of nitrogens with two attached hydrogens (primary N) is 1. The number of nitrogens with zero attached hydrogens (tertiary/aromatic N) is 1. The van der Waals surface area contributed by atoms with E-state index in [1.165, 1.54) is 37.7 Å². The van der Waals surface area contributed by atoms with E-state index in [0.717, 1.165) is 31.2 Å². The molecule has 0 bridgehead atoms. The molecular weight excluding hydrogens is 527 g/mol. The number of carboxylic acid groups (broad SMARTS) is 1. The molecule has 224 valence electrons. The van der Waals surface area contributed by atoms with Gasteiger partial charge >= 0.3 is 12.1 Å². The van der Waals surface area contributed by atoms with Crippen LogP contribution in [0.3, 0.4) is 0 Å². The Bertz CT molecular complexity index is 1040. The van der Waals surface area contributed by atoms with Crippen molar-refractivity contribution in [1.82, 2.24) is 10.2 Å². The molecule has 4 rings (SSSR count). The lowest BCUT2D eigenvalue weighted by atomic mass is 9.73. The number of fused-ring (bicyclic) bond motifs is 2. The summed E-state index contributed by atoms with van der Waals surface area (Å²) in [4.78, 5) is 37.0. The molecule has 0 aromatic heterocycles. The zero-order valence-electron chi connectivity index (χ0n) is 23.3. The number of alkyl halides is 3. The minimum Gasteiger partial charge on any atom is -0.475 e. The van der Waals surface area contributed by atoms with Gasteiger partial charge < -0.3 is 26.2 Å². The quantitative estimate of drug-likeness (QED) is 0.406. The highest BCUT2D eigenvalue weighted by molar-refractivity contribution is 5.91. The topological polar surface area (TPSA) is 133 Å². The van der Waals surface area contributed by atoms with Crippen LogP contribution in [0, 0.1) is 5.92 Å². The fourth-order valence-corrected chi connectivity index (χ4v) is 6.19. The fourth-order valence-electron chi connectivity index (χ4n) is 6.19. The van der Waals surface area contributed by atoms with Crippen molar-refractivity contribution in [2.24, 2.45) is 11.7 Å². The molecule has 0 radical (unpaired) electrons. The van der Waals surface area contributed by atoms with E-state index in [4.69, 9.17) is 15.6 Å². The molecule has 1 spiro atoms. The Kier molecular flexibility index (Phi) is 10.3. The zero-order chi connectivity index (χ0) is 29.7. The van der Waals surface area contributed by atoms with E-state index in [0.29, 0.717) is 25.4 Å². The third-order valence-corrected chi connectivity index (χ3v) is 8.53. The van der Waals surface area contributed by atoms with Gasteiger partial charge in [-0.25, -0.2) is 4.79 Å². The Morgan fingerprint density at radius 2 is 1.68 bits per heavy atom. The summed E-state index contributed by atoms with van der Waals surface area (Å²) in [6, 6.07) is 7.68. The van der Waals surface area contributed by atoms with Gasteiger partial charge in [0.1, 0.15) is 6.04 Å². The number of benzene rings is 1. The second kappa shape index (κ2) is 12.9. The number of likely N-dealkylation sites (tertiary alicyclic amines) is 1. The van der Waals surface area contributed by atoms with E-state index in [1.807, 2.05) is 23.1 Å². The average molecular weight is 570 g/mol. The molecule has 1 saturated heterocycles. The van der Waals surface area contributed by atoms with Crippen molar-refractivity contribution in [3.05, 3.63) is 35.4 Å². The molecule has 2 aliphatic carbocycles. The number of aliphatic hydroxyl groups excluding tert-OH is 1. The number of nitrogens with one attached hydrogen (secondary N) is 1. The minimum absolute atomic E-state index is 0.0186. The Hall–Kier alpha value is -2.66. The summed E-state index contributed by atoms with van der Waals surface area (Å²) >= 11 is 0. The Morgan fingerprint density at radius 3 is 2.23 bits per heavy atom. The average Bonchev–Trinajstić information content (AvgIpc) is 3.17. The van der Waals surface area contributed by atoms with Gasteiger partial charge in [-0.3, -0.25) is 9.59 Å². The van der Waals surface area contributed by atoms with Crippen molar-refractivity contribution < 1.29 is 37.8 Å². The van der Waals surface area contributed by atoms with Crippen LogP contribution in [-0.2, 0) is 19.8 Å². The molecule has 1 heterocycles. The highest BCUT2D eigenvalue weighted by Gasteiger charge is 2.46. The van der Waals surface area contributed by atoms with Crippen LogP contribution in [0.2, 0.25) is 0 Å². The molecular formula is C29H42F3N3O5. The number of aliphatic carboxylic acids is 1. The number of amides is 2. The zero-order valence-corrected chi connectivity index (χ0v) is 23.3. The van der Waals surface area contributed by atoms with Crippen molar-refractivity contribution >= 4 is 17.8 Å². The van der Waals surface area contributed by atoms with Crippen LogP contribution in [0.15, 0.2) is 24.3 Å². The van der Waals surface area contributed by atoms with E-state index < -0.39 is 29.8 Å². The van der Waals surface area contributed by atoms with Crippen molar-refractivity contribution in [2.75, 3.05) is 13.1 Å².